The third-order valence-electron chi connectivity index (χ3n) is 8.10. The molecule has 0 spiro atoms. The smallest absolute Gasteiger partial charge is 0.253 e. The standard InChI is InChI=1S/C24H29ClN2O3/c25-19-2-1-3-20-21(19)18(10-27(20)12-24(29)13-30-14-24)22(28)26-11-23-7-15-4-16(8-23)6-17(5-15)9-23/h1-3,10,15-17,29H,4-9,11-14H2,(H,26,28). The molecule has 1 aromatic heterocycles. The van der Waals surface area contributed by atoms with Gasteiger partial charge in [-0.15, -0.1) is 0 Å². The SMILES string of the molecule is O=C(NCC12CC3CC(CC(C3)C1)C2)c1cn(CC2(O)COC2)c2cccc(Cl)c12. The van der Waals surface area contributed by atoms with Gasteiger partial charge < -0.3 is 19.7 Å². The summed E-state index contributed by atoms with van der Waals surface area (Å²) in [5.74, 6) is 2.55. The van der Waals surface area contributed by atoms with Crippen LogP contribution in [0.25, 0.3) is 10.9 Å². The fourth-order valence-corrected chi connectivity index (χ4v) is 7.50. The molecule has 4 bridgehead atoms. The molecule has 5 aliphatic rings. The quantitative estimate of drug-likeness (QED) is 0.756. The number of fused-ring (bicyclic) bond motifs is 1. The first kappa shape index (κ1) is 19.1. The molecule has 5 fully saturated rings. The highest BCUT2D eigenvalue weighted by atomic mass is 35.5. The first-order valence-corrected chi connectivity index (χ1v) is 11.7. The van der Waals surface area contributed by atoms with Crippen LogP contribution in [0.15, 0.2) is 24.4 Å². The number of hydrogen-bond donors (Lipinski definition) is 2. The lowest BCUT2D eigenvalue weighted by molar-refractivity contribution is -0.184. The Hall–Kier alpha value is -1.56. The molecule has 0 unspecified atom stereocenters. The number of nitrogens with one attached hydrogen (secondary N) is 1. The first-order valence-electron chi connectivity index (χ1n) is 11.3. The van der Waals surface area contributed by atoms with Crippen LogP contribution in [0, 0.1) is 23.2 Å². The second-order valence-electron chi connectivity index (χ2n) is 10.6. The van der Waals surface area contributed by atoms with Crippen LogP contribution in [0.3, 0.4) is 0 Å². The molecule has 2 aromatic rings. The number of hydrogen-bond acceptors (Lipinski definition) is 3. The Labute approximate surface area is 181 Å². The maximum atomic E-state index is 13.3. The molecule has 1 aliphatic heterocycles. The number of amides is 1. The van der Waals surface area contributed by atoms with E-state index in [0.717, 1.165) is 35.2 Å². The second-order valence-corrected chi connectivity index (χ2v) is 11.0. The largest absolute Gasteiger partial charge is 0.383 e. The molecule has 0 radical (unpaired) electrons. The zero-order valence-corrected chi connectivity index (χ0v) is 18.0. The number of aliphatic hydroxyl groups is 1. The number of carbonyl (C=O) groups is 1. The minimum atomic E-state index is -0.874. The maximum absolute atomic E-state index is 13.3. The number of aromatic nitrogens is 1. The van der Waals surface area contributed by atoms with E-state index in [9.17, 15) is 9.90 Å². The second kappa shape index (κ2) is 6.72. The molecule has 4 saturated carbocycles. The number of carbonyl (C=O) groups excluding carboxylic acids is 1. The normalized spacial score (nSPS) is 33.6. The molecule has 4 aliphatic carbocycles. The Kier molecular flexibility index (Phi) is 4.29. The Morgan fingerprint density at radius 2 is 1.83 bits per heavy atom. The summed E-state index contributed by atoms with van der Waals surface area (Å²) in [5.41, 5.74) is 0.901. The molecule has 7 rings (SSSR count). The van der Waals surface area contributed by atoms with E-state index in [1.807, 2.05) is 29.0 Å². The van der Waals surface area contributed by atoms with Crippen LogP contribution in [-0.4, -0.2) is 40.9 Å². The zero-order valence-electron chi connectivity index (χ0n) is 17.2. The van der Waals surface area contributed by atoms with Gasteiger partial charge in [0.25, 0.3) is 5.91 Å². The highest BCUT2D eigenvalue weighted by Gasteiger charge is 2.50. The van der Waals surface area contributed by atoms with E-state index < -0.39 is 5.60 Å². The minimum Gasteiger partial charge on any atom is -0.383 e. The lowest BCUT2D eigenvalue weighted by atomic mass is 9.49. The molecule has 160 valence electrons. The zero-order chi connectivity index (χ0) is 20.5. The van der Waals surface area contributed by atoms with Crippen molar-refractivity contribution in [3.8, 4) is 0 Å². The highest BCUT2D eigenvalue weighted by Crippen LogP contribution is 2.59. The van der Waals surface area contributed by atoms with Crippen LogP contribution >= 0.6 is 11.6 Å². The third kappa shape index (κ3) is 3.09. The van der Waals surface area contributed by atoms with Gasteiger partial charge in [0.1, 0.15) is 5.60 Å². The topological polar surface area (TPSA) is 63.5 Å². The highest BCUT2D eigenvalue weighted by molar-refractivity contribution is 6.36. The summed E-state index contributed by atoms with van der Waals surface area (Å²) in [6, 6.07) is 5.67. The summed E-state index contributed by atoms with van der Waals surface area (Å²) in [4.78, 5) is 13.3. The Morgan fingerprint density at radius 3 is 2.43 bits per heavy atom. The van der Waals surface area contributed by atoms with Crippen LogP contribution in [0.1, 0.15) is 48.9 Å². The molecule has 1 amide bonds. The van der Waals surface area contributed by atoms with Crippen LogP contribution < -0.4 is 5.32 Å². The average molecular weight is 429 g/mol. The third-order valence-corrected chi connectivity index (χ3v) is 8.41. The lowest BCUT2D eigenvalue weighted by Gasteiger charge is -2.56. The van der Waals surface area contributed by atoms with Crippen molar-refractivity contribution in [3.05, 3.63) is 35.0 Å². The summed E-state index contributed by atoms with van der Waals surface area (Å²) in [5, 5.41) is 15.2. The maximum Gasteiger partial charge on any atom is 0.253 e. The minimum absolute atomic E-state index is 0.0561. The molecule has 30 heavy (non-hydrogen) atoms. The summed E-state index contributed by atoms with van der Waals surface area (Å²) < 4.78 is 7.13. The summed E-state index contributed by atoms with van der Waals surface area (Å²) >= 11 is 6.51. The fourth-order valence-electron chi connectivity index (χ4n) is 7.23. The lowest BCUT2D eigenvalue weighted by Crippen LogP contribution is -2.52. The van der Waals surface area contributed by atoms with Crippen LogP contribution in [-0.2, 0) is 11.3 Å². The fraction of sp³-hybridized carbons (Fsp3) is 0.625. The van der Waals surface area contributed by atoms with Crippen molar-refractivity contribution in [1.29, 1.82) is 0 Å². The van der Waals surface area contributed by atoms with Crippen LogP contribution in [0.2, 0.25) is 5.02 Å². The van der Waals surface area contributed by atoms with Crippen molar-refractivity contribution in [1.82, 2.24) is 9.88 Å². The predicted molar refractivity (Wildman–Crippen MR) is 116 cm³/mol. The van der Waals surface area contributed by atoms with Gasteiger partial charge in [-0.1, -0.05) is 17.7 Å². The van der Waals surface area contributed by atoms with Gasteiger partial charge in [0.15, 0.2) is 0 Å². The molecule has 2 N–H and O–H groups in total. The van der Waals surface area contributed by atoms with Gasteiger partial charge in [-0.05, 0) is 73.8 Å². The van der Waals surface area contributed by atoms with E-state index >= 15 is 0 Å². The van der Waals surface area contributed by atoms with Crippen LogP contribution in [0.5, 0.6) is 0 Å². The van der Waals surface area contributed by atoms with E-state index in [-0.39, 0.29) is 5.91 Å². The van der Waals surface area contributed by atoms with Gasteiger partial charge >= 0.3 is 0 Å². The average Bonchev–Trinajstić information content (AvgIpc) is 3.04. The molecular weight excluding hydrogens is 400 g/mol. The van der Waals surface area contributed by atoms with Gasteiger partial charge in [-0.25, -0.2) is 0 Å². The van der Waals surface area contributed by atoms with Crippen molar-refractivity contribution >= 4 is 28.4 Å². The van der Waals surface area contributed by atoms with E-state index in [0.29, 0.717) is 35.8 Å². The molecule has 1 saturated heterocycles. The summed E-state index contributed by atoms with van der Waals surface area (Å²) in [7, 11) is 0. The van der Waals surface area contributed by atoms with Gasteiger partial charge in [-0.2, -0.15) is 0 Å². The number of nitrogens with zero attached hydrogens (tertiary/aromatic N) is 1. The van der Waals surface area contributed by atoms with Gasteiger partial charge in [0.05, 0.1) is 35.9 Å². The summed E-state index contributed by atoms with van der Waals surface area (Å²) in [6.07, 6.45) is 9.88. The van der Waals surface area contributed by atoms with Crippen molar-refractivity contribution in [2.75, 3.05) is 19.8 Å². The molecule has 5 nitrogen and oxygen atoms in total. The number of ether oxygens (including phenoxy) is 1. The Morgan fingerprint density at radius 1 is 1.17 bits per heavy atom. The van der Waals surface area contributed by atoms with E-state index in [4.69, 9.17) is 16.3 Å². The Bertz CT molecular complexity index is 974. The Balaban J connectivity index is 1.26. The molecule has 0 atom stereocenters. The van der Waals surface area contributed by atoms with E-state index in [2.05, 4.69) is 5.32 Å². The molecular formula is C24H29ClN2O3. The predicted octanol–water partition coefficient (Wildman–Crippen LogP) is 4.00. The van der Waals surface area contributed by atoms with Gasteiger partial charge in [-0.3, -0.25) is 4.79 Å². The van der Waals surface area contributed by atoms with Crippen LogP contribution in [0.4, 0.5) is 0 Å². The summed E-state index contributed by atoms with van der Waals surface area (Å²) in [6.45, 7) is 1.80. The van der Waals surface area contributed by atoms with Gasteiger partial charge in [0.2, 0.25) is 0 Å². The van der Waals surface area contributed by atoms with Gasteiger partial charge in [0, 0.05) is 18.1 Å². The molecule has 2 heterocycles. The number of benzene rings is 1. The molecule has 6 heteroatoms. The van der Waals surface area contributed by atoms with Crippen molar-refractivity contribution in [2.24, 2.45) is 23.2 Å². The van der Waals surface area contributed by atoms with E-state index in [1.165, 1.54) is 38.5 Å². The van der Waals surface area contributed by atoms with Crippen molar-refractivity contribution in [2.45, 2.75) is 50.7 Å². The monoisotopic (exact) mass is 428 g/mol. The number of halogens is 1. The number of rotatable bonds is 5. The first-order chi connectivity index (χ1) is 14.4. The van der Waals surface area contributed by atoms with Crippen molar-refractivity contribution in [3.63, 3.8) is 0 Å². The van der Waals surface area contributed by atoms with E-state index in [1.54, 1.807) is 0 Å². The van der Waals surface area contributed by atoms with Crippen molar-refractivity contribution < 1.29 is 14.6 Å². The molecule has 1 aromatic carbocycles.